The van der Waals surface area contributed by atoms with Gasteiger partial charge in [0.15, 0.2) is 15.5 Å². The van der Waals surface area contributed by atoms with Crippen LogP contribution in [0.5, 0.6) is 0 Å². The number of aromatic nitrogens is 3. The summed E-state index contributed by atoms with van der Waals surface area (Å²) in [5, 5.41) is 9.72. The molecule has 1 saturated carbocycles. The van der Waals surface area contributed by atoms with Crippen molar-refractivity contribution in [3.63, 3.8) is 0 Å². The lowest BCUT2D eigenvalue weighted by Crippen LogP contribution is -2.18. The Labute approximate surface area is 202 Å². The van der Waals surface area contributed by atoms with Gasteiger partial charge < -0.3 is 5.32 Å². The number of rotatable bonds is 6. The summed E-state index contributed by atoms with van der Waals surface area (Å²) in [6, 6.07) is 12.3. The van der Waals surface area contributed by atoms with Gasteiger partial charge in [0, 0.05) is 11.7 Å². The van der Waals surface area contributed by atoms with Crippen molar-refractivity contribution in [2.24, 2.45) is 0 Å². The number of carbonyl (C=O) groups excluding carboxylic acids is 1. The number of sulfone groups is 1. The Morgan fingerprint density at radius 3 is 2.53 bits per heavy atom. The summed E-state index contributed by atoms with van der Waals surface area (Å²) >= 11 is 1.56. The maximum Gasteiger partial charge on any atom is 0.256 e. The fraction of sp³-hybridized carbons (Fsp3) is 0.320. The SMILES string of the molecule is CC(C)n1ncc2c(C(=O)Nc3ccc(S(=O)(=O)C4CCCC4)cc3)cc(-c3cccs3)nc21. The van der Waals surface area contributed by atoms with E-state index in [9.17, 15) is 13.2 Å². The van der Waals surface area contributed by atoms with E-state index in [1.807, 2.05) is 36.0 Å². The van der Waals surface area contributed by atoms with Crippen molar-refractivity contribution in [3.05, 3.63) is 59.6 Å². The van der Waals surface area contributed by atoms with E-state index in [1.165, 1.54) is 0 Å². The molecular formula is C25H26N4O3S2. The van der Waals surface area contributed by atoms with Crippen molar-refractivity contribution < 1.29 is 13.2 Å². The number of nitrogens with zero attached hydrogens (tertiary/aromatic N) is 3. The molecule has 3 aromatic heterocycles. The fourth-order valence-corrected chi connectivity index (χ4v) is 6.99. The van der Waals surface area contributed by atoms with Crippen molar-refractivity contribution in [1.29, 1.82) is 0 Å². The van der Waals surface area contributed by atoms with Gasteiger partial charge in [0.25, 0.3) is 5.91 Å². The number of hydrogen-bond donors (Lipinski definition) is 1. The molecule has 34 heavy (non-hydrogen) atoms. The largest absolute Gasteiger partial charge is 0.322 e. The van der Waals surface area contributed by atoms with Gasteiger partial charge in [0.05, 0.1) is 37.9 Å². The first-order valence-electron chi connectivity index (χ1n) is 11.4. The molecule has 5 rings (SSSR count). The van der Waals surface area contributed by atoms with E-state index in [0.717, 1.165) is 30.6 Å². The molecule has 3 heterocycles. The molecule has 1 amide bonds. The predicted molar refractivity (Wildman–Crippen MR) is 135 cm³/mol. The highest BCUT2D eigenvalue weighted by Crippen LogP contribution is 2.31. The van der Waals surface area contributed by atoms with Gasteiger partial charge in [0.1, 0.15) is 0 Å². The Morgan fingerprint density at radius 2 is 1.88 bits per heavy atom. The first-order chi connectivity index (χ1) is 16.3. The predicted octanol–water partition coefficient (Wildman–Crippen LogP) is 5.71. The van der Waals surface area contributed by atoms with Crippen molar-refractivity contribution in [3.8, 4) is 10.6 Å². The van der Waals surface area contributed by atoms with Crippen LogP contribution in [0.1, 0.15) is 55.9 Å². The Balaban J connectivity index is 1.46. The zero-order chi connectivity index (χ0) is 23.9. The number of carbonyl (C=O) groups is 1. The Kier molecular flexibility index (Phi) is 5.99. The lowest BCUT2D eigenvalue weighted by molar-refractivity contribution is 0.102. The second-order valence-corrected chi connectivity index (χ2v) is 12.1. The van der Waals surface area contributed by atoms with Gasteiger partial charge in [-0.2, -0.15) is 5.10 Å². The molecule has 1 N–H and O–H groups in total. The van der Waals surface area contributed by atoms with Crippen LogP contribution in [0.15, 0.2) is 58.9 Å². The molecule has 0 spiro atoms. The van der Waals surface area contributed by atoms with E-state index in [2.05, 4.69) is 10.4 Å². The third kappa shape index (κ3) is 4.14. The van der Waals surface area contributed by atoms with E-state index in [4.69, 9.17) is 4.98 Å². The molecule has 0 bridgehead atoms. The average Bonchev–Trinajstić information content (AvgIpc) is 3.60. The highest BCUT2D eigenvalue weighted by molar-refractivity contribution is 7.92. The zero-order valence-electron chi connectivity index (χ0n) is 19.1. The minimum Gasteiger partial charge on any atom is -0.322 e. The highest BCUT2D eigenvalue weighted by atomic mass is 32.2. The second-order valence-electron chi connectivity index (χ2n) is 8.88. The van der Waals surface area contributed by atoms with Crippen molar-refractivity contribution in [2.75, 3.05) is 5.32 Å². The smallest absolute Gasteiger partial charge is 0.256 e. The van der Waals surface area contributed by atoms with Crippen molar-refractivity contribution >= 4 is 43.8 Å². The second kappa shape index (κ2) is 8.96. The summed E-state index contributed by atoms with van der Waals surface area (Å²) < 4.78 is 27.5. The number of pyridine rings is 1. The van der Waals surface area contributed by atoms with Crippen LogP contribution in [0.3, 0.4) is 0 Å². The van der Waals surface area contributed by atoms with Crippen molar-refractivity contribution in [2.45, 2.75) is 55.7 Å². The molecule has 9 heteroatoms. The van der Waals surface area contributed by atoms with Gasteiger partial charge in [-0.25, -0.2) is 18.1 Å². The molecule has 0 atom stereocenters. The van der Waals surface area contributed by atoms with Gasteiger partial charge in [-0.15, -0.1) is 11.3 Å². The van der Waals surface area contributed by atoms with Crippen LogP contribution in [0, 0.1) is 0 Å². The number of hydrogen-bond acceptors (Lipinski definition) is 6. The number of benzene rings is 1. The summed E-state index contributed by atoms with van der Waals surface area (Å²) in [5.41, 5.74) is 2.38. The van der Waals surface area contributed by atoms with E-state index >= 15 is 0 Å². The molecule has 1 aliphatic carbocycles. The molecule has 7 nitrogen and oxygen atoms in total. The van der Waals surface area contributed by atoms with E-state index < -0.39 is 9.84 Å². The van der Waals surface area contributed by atoms with E-state index in [1.54, 1.807) is 47.9 Å². The van der Waals surface area contributed by atoms with Gasteiger partial charge in [-0.05, 0) is 68.5 Å². The van der Waals surface area contributed by atoms with E-state index in [0.29, 0.717) is 32.9 Å². The standard InChI is InChI=1S/C25H26N4O3S2/c1-16(2)29-24-21(15-26-29)20(14-22(28-24)23-8-5-13-33-23)25(30)27-17-9-11-19(12-10-17)34(31,32)18-6-3-4-7-18/h5,8-16,18H,3-4,6-7H2,1-2H3,(H,27,30). The van der Waals surface area contributed by atoms with Crippen LogP contribution in [0.25, 0.3) is 21.6 Å². The molecular weight excluding hydrogens is 468 g/mol. The quantitative estimate of drug-likeness (QED) is 0.371. The summed E-state index contributed by atoms with van der Waals surface area (Å²) in [6.07, 6.45) is 5.02. The zero-order valence-corrected chi connectivity index (χ0v) is 20.7. The molecule has 1 aromatic carbocycles. The maximum atomic E-state index is 13.3. The molecule has 1 aliphatic rings. The van der Waals surface area contributed by atoms with Crippen molar-refractivity contribution in [1.82, 2.24) is 14.8 Å². The van der Waals surface area contributed by atoms with Crippen LogP contribution >= 0.6 is 11.3 Å². The highest BCUT2D eigenvalue weighted by Gasteiger charge is 2.30. The van der Waals surface area contributed by atoms with Gasteiger partial charge in [-0.1, -0.05) is 18.9 Å². The van der Waals surface area contributed by atoms with Crippen LogP contribution in [0.2, 0.25) is 0 Å². The third-order valence-corrected chi connectivity index (χ3v) is 9.43. The summed E-state index contributed by atoms with van der Waals surface area (Å²) in [6.45, 7) is 4.04. The lowest BCUT2D eigenvalue weighted by Gasteiger charge is -2.13. The fourth-order valence-electron chi connectivity index (χ4n) is 4.45. The maximum absolute atomic E-state index is 13.3. The number of thiophene rings is 1. The Bertz CT molecular complexity index is 1430. The number of amides is 1. The van der Waals surface area contributed by atoms with E-state index in [-0.39, 0.29) is 17.2 Å². The molecule has 0 saturated heterocycles. The lowest BCUT2D eigenvalue weighted by atomic mass is 10.1. The normalized spacial score (nSPS) is 14.8. The number of fused-ring (bicyclic) bond motifs is 1. The molecule has 0 unspecified atom stereocenters. The third-order valence-electron chi connectivity index (χ3n) is 6.26. The topological polar surface area (TPSA) is 94.0 Å². The van der Waals surface area contributed by atoms with Gasteiger partial charge >= 0.3 is 0 Å². The Morgan fingerprint density at radius 1 is 1.15 bits per heavy atom. The summed E-state index contributed by atoms with van der Waals surface area (Å²) in [4.78, 5) is 19.4. The van der Waals surface area contributed by atoms with Gasteiger partial charge in [-0.3, -0.25) is 4.79 Å². The minimum atomic E-state index is -3.33. The summed E-state index contributed by atoms with van der Waals surface area (Å²) in [5.74, 6) is -0.292. The molecule has 1 fully saturated rings. The Hall–Kier alpha value is -3.04. The van der Waals surface area contributed by atoms with Crippen LogP contribution in [-0.2, 0) is 9.84 Å². The first kappa shape index (κ1) is 22.7. The van der Waals surface area contributed by atoms with Crippen LogP contribution < -0.4 is 5.32 Å². The van der Waals surface area contributed by atoms with Crippen LogP contribution in [0.4, 0.5) is 5.69 Å². The number of anilines is 1. The monoisotopic (exact) mass is 494 g/mol. The molecule has 0 aliphatic heterocycles. The molecule has 4 aromatic rings. The minimum absolute atomic E-state index is 0.0915. The van der Waals surface area contributed by atoms with Gasteiger partial charge in [0.2, 0.25) is 0 Å². The first-order valence-corrected chi connectivity index (χ1v) is 13.8. The van der Waals surface area contributed by atoms with Crippen LogP contribution in [-0.4, -0.2) is 34.3 Å². The number of nitrogens with one attached hydrogen (secondary N) is 1. The average molecular weight is 495 g/mol. The molecule has 0 radical (unpaired) electrons. The summed E-state index contributed by atoms with van der Waals surface area (Å²) in [7, 11) is -3.33. The molecule has 176 valence electrons.